The molecule has 7 heteroatoms. The number of hydrogen-bond donors (Lipinski definition) is 1. The molecule has 0 radical (unpaired) electrons. The number of nitrogens with zero attached hydrogens (tertiary/aromatic N) is 2. The van der Waals surface area contributed by atoms with Crippen LogP contribution < -0.4 is 10.1 Å². The van der Waals surface area contributed by atoms with E-state index in [1.807, 2.05) is 35.2 Å². The van der Waals surface area contributed by atoms with Crippen molar-refractivity contribution in [1.29, 1.82) is 0 Å². The van der Waals surface area contributed by atoms with Crippen molar-refractivity contribution in [2.45, 2.75) is 25.8 Å². The van der Waals surface area contributed by atoms with Crippen LogP contribution in [0.4, 0.5) is 0 Å². The maximum absolute atomic E-state index is 11.8. The van der Waals surface area contributed by atoms with Crippen LogP contribution in [-0.2, 0) is 11.2 Å². The minimum Gasteiger partial charge on any atom is -0.431 e. The number of ether oxygens (including phenoxy) is 1. The first-order valence-electron chi connectivity index (χ1n) is 10.4. The molecule has 0 spiro atoms. The molecule has 3 aromatic rings. The highest BCUT2D eigenvalue weighted by atomic mass is 35.5. The average molecular weight is 442 g/mol. The third kappa shape index (κ3) is 4.04. The van der Waals surface area contributed by atoms with Crippen LogP contribution in [0.5, 0.6) is 10.9 Å². The number of nitrogens with one attached hydrogen (secondary N) is 1. The number of para-hydroxylation sites is 1. The molecule has 156 valence electrons. The van der Waals surface area contributed by atoms with E-state index in [2.05, 4.69) is 22.4 Å². The van der Waals surface area contributed by atoms with Crippen LogP contribution in [-0.4, -0.2) is 41.5 Å². The van der Waals surface area contributed by atoms with Gasteiger partial charge in [-0.05, 0) is 61.1 Å². The molecule has 1 aromatic heterocycles. The first-order chi connectivity index (χ1) is 14.6. The number of rotatable bonds is 7. The summed E-state index contributed by atoms with van der Waals surface area (Å²) in [4.78, 5) is 18.3. The van der Waals surface area contributed by atoms with Gasteiger partial charge in [0.05, 0.1) is 9.72 Å². The van der Waals surface area contributed by atoms with Gasteiger partial charge in [0.25, 0.3) is 5.19 Å². The van der Waals surface area contributed by atoms with E-state index >= 15 is 0 Å². The van der Waals surface area contributed by atoms with E-state index < -0.39 is 0 Å². The number of aromatic nitrogens is 1. The molecule has 1 aliphatic carbocycles. The molecule has 5 rings (SSSR count). The summed E-state index contributed by atoms with van der Waals surface area (Å²) in [6, 6.07) is 14.3. The van der Waals surface area contributed by atoms with E-state index in [1.54, 1.807) is 6.92 Å². The van der Waals surface area contributed by atoms with Gasteiger partial charge < -0.3 is 15.0 Å². The molecule has 2 aromatic carbocycles. The van der Waals surface area contributed by atoms with Gasteiger partial charge in [-0.1, -0.05) is 41.1 Å². The Morgan fingerprint density at radius 1 is 1.30 bits per heavy atom. The van der Waals surface area contributed by atoms with Crippen LogP contribution in [0.3, 0.4) is 0 Å². The van der Waals surface area contributed by atoms with E-state index in [1.165, 1.54) is 23.3 Å². The number of amides is 1. The van der Waals surface area contributed by atoms with Gasteiger partial charge in [-0.2, -0.15) is 0 Å². The summed E-state index contributed by atoms with van der Waals surface area (Å²) in [5.41, 5.74) is 2.03. The number of hydrogen-bond acceptors (Lipinski definition) is 5. The SMILES string of the molecule is CC(=O)N1CC2CC2C1CNCCc1ccc(Oc2nc3c(Cl)cccc3s2)cc1. The second-order valence-corrected chi connectivity index (χ2v) is 9.57. The van der Waals surface area contributed by atoms with Gasteiger partial charge in [-0.15, -0.1) is 0 Å². The normalized spacial score (nSPS) is 22.3. The zero-order chi connectivity index (χ0) is 20.7. The fourth-order valence-electron chi connectivity index (χ4n) is 4.44. The predicted molar refractivity (Wildman–Crippen MR) is 120 cm³/mol. The number of halogens is 1. The zero-order valence-corrected chi connectivity index (χ0v) is 18.4. The largest absolute Gasteiger partial charge is 0.431 e. The maximum Gasteiger partial charge on any atom is 0.279 e. The van der Waals surface area contributed by atoms with Gasteiger partial charge in [-0.25, -0.2) is 4.98 Å². The molecule has 2 heterocycles. The second-order valence-electron chi connectivity index (χ2n) is 8.16. The Labute approximate surface area is 185 Å². The number of thiazole rings is 1. The monoisotopic (exact) mass is 441 g/mol. The van der Waals surface area contributed by atoms with E-state index in [4.69, 9.17) is 16.3 Å². The summed E-state index contributed by atoms with van der Waals surface area (Å²) < 4.78 is 6.93. The van der Waals surface area contributed by atoms with Crippen LogP contribution in [0.1, 0.15) is 18.9 Å². The summed E-state index contributed by atoms with van der Waals surface area (Å²) in [6.07, 6.45) is 2.23. The zero-order valence-electron chi connectivity index (χ0n) is 16.8. The van der Waals surface area contributed by atoms with Gasteiger partial charge in [-0.3, -0.25) is 4.79 Å². The first kappa shape index (κ1) is 19.8. The lowest BCUT2D eigenvalue weighted by molar-refractivity contribution is -0.130. The van der Waals surface area contributed by atoms with Crippen molar-refractivity contribution in [3.63, 3.8) is 0 Å². The van der Waals surface area contributed by atoms with E-state index in [-0.39, 0.29) is 5.91 Å². The average Bonchev–Trinajstić information content (AvgIpc) is 3.22. The van der Waals surface area contributed by atoms with Gasteiger partial charge in [0.2, 0.25) is 5.91 Å². The topological polar surface area (TPSA) is 54.5 Å². The summed E-state index contributed by atoms with van der Waals surface area (Å²) in [5, 5.41) is 4.78. The number of carbonyl (C=O) groups excluding carboxylic acids is 1. The fraction of sp³-hybridized carbons (Fsp3) is 0.391. The van der Waals surface area contributed by atoms with Gasteiger partial charge in [0.15, 0.2) is 0 Å². The molecule has 1 amide bonds. The fourth-order valence-corrected chi connectivity index (χ4v) is 5.58. The van der Waals surface area contributed by atoms with Crippen molar-refractivity contribution in [1.82, 2.24) is 15.2 Å². The smallest absolute Gasteiger partial charge is 0.279 e. The summed E-state index contributed by atoms with van der Waals surface area (Å²) in [6.45, 7) is 4.43. The van der Waals surface area contributed by atoms with Crippen molar-refractivity contribution >= 4 is 39.1 Å². The van der Waals surface area contributed by atoms with Crippen molar-refractivity contribution in [2.75, 3.05) is 19.6 Å². The summed E-state index contributed by atoms with van der Waals surface area (Å²) in [7, 11) is 0. The van der Waals surface area contributed by atoms with Crippen LogP contribution in [0.15, 0.2) is 42.5 Å². The van der Waals surface area contributed by atoms with Crippen LogP contribution >= 0.6 is 22.9 Å². The van der Waals surface area contributed by atoms with Crippen molar-refractivity contribution < 1.29 is 9.53 Å². The van der Waals surface area contributed by atoms with Gasteiger partial charge >= 0.3 is 0 Å². The molecule has 1 saturated heterocycles. The van der Waals surface area contributed by atoms with E-state index in [0.29, 0.717) is 16.3 Å². The molecule has 3 atom stereocenters. The van der Waals surface area contributed by atoms with Crippen molar-refractivity contribution in [3.8, 4) is 10.9 Å². The summed E-state index contributed by atoms with van der Waals surface area (Å²) in [5.74, 6) is 2.44. The highest BCUT2D eigenvalue weighted by molar-refractivity contribution is 7.20. The van der Waals surface area contributed by atoms with Crippen molar-refractivity contribution in [2.24, 2.45) is 11.8 Å². The van der Waals surface area contributed by atoms with E-state index in [9.17, 15) is 4.79 Å². The number of carbonyl (C=O) groups is 1. The Kier molecular flexibility index (Phi) is 5.39. The summed E-state index contributed by atoms with van der Waals surface area (Å²) >= 11 is 7.68. The minimum absolute atomic E-state index is 0.208. The van der Waals surface area contributed by atoms with Gasteiger partial charge in [0.1, 0.15) is 11.3 Å². The molecule has 30 heavy (non-hydrogen) atoms. The standard InChI is InChI=1S/C23H24ClN3O2S/c1-14(28)27-13-16-11-18(16)20(27)12-25-10-9-15-5-7-17(8-6-15)29-23-26-22-19(24)3-2-4-21(22)30-23/h2-8,16,18,20,25H,9-13H2,1H3. The molecule has 2 fully saturated rings. The number of fused-ring (bicyclic) bond motifs is 2. The molecule has 1 aliphatic heterocycles. The second kappa shape index (κ2) is 8.17. The molecule has 1 N–H and O–H groups in total. The Bertz CT molecular complexity index is 1070. The van der Waals surface area contributed by atoms with Crippen LogP contribution in [0, 0.1) is 11.8 Å². The molecule has 5 nitrogen and oxygen atoms in total. The number of likely N-dealkylation sites (tertiary alicyclic amines) is 1. The minimum atomic E-state index is 0.208. The quantitative estimate of drug-likeness (QED) is 0.538. The third-order valence-electron chi connectivity index (χ3n) is 6.13. The molecule has 3 unspecified atom stereocenters. The Morgan fingerprint density at radius 3 is 2.90 bits per heavy atom. The highest BCUT2D eigenvalue weighted by Crippen LogP contribution is 2.49. The van der Waals surface area contributed by atoms with E-state index in [0.717, 1.165) is 53.9 Å². The molecule has 1 saturated carbocycles. The number of piperidine rings is 1. The van der Waals surface area contributed by atoms with Crippen LogP contribution in [0.2, 0.25) is 5.02 Å². The Hall–Kier alpha value is -2.15. The predicted octanol–water partition coefficient (Wildman–Crippen LogP) is 4.74. The molecular weight excluding hydrogens is 418 g/mol. The van der Waals surface area contributed by atoms with Gasteiger partial charge in [0, 0.05) is 26.1 Å². The lowest BCUT2D eigenvalue weighted by atomic mass is 10.1. The lowest BCUT2D eigenvalue weighted by Gasteiger charge is -2.26. The lowest BCUT2D eigenvalue weighted by Crippen LogP contribution is -2.43. The molecular formula is C23H24ClN3O2S. The number of benzene rings is 2. The highest BCUT2D eigenvalue weighted by Gasteiger charge is 2.52. The van der Waals surface area contributed by atoms with Crippen LogP contribution in [0.25, 0.3) is 10.2 Å². The Balaban J connectivity index is 1.12. The Morgan fingerprint density at radius 2 is 2.13 bits per heavy atom. The molecule has 2 aliphatic rings. The van der Waals surface area contributed by atoms with Crippen molar-refractivity contribution in [3.05, 3.63) is 53.1 Å². The third-order valence-corrected chi connectivity index (χ3v) is 7.33. The molecule has 0 bridgehead atoms. The maximum atomic E-state index is 11.8. The first-order valence-corrected chi connectivity index (χ1v) is 11.6.